The van der Waals surface area contributed by atoms with Gasteiger partial charge < -0.3 is 4.74 Å². The molecule has 0 aromatic carbocycles. The molecule has 0 saturated carbocycles. The molecule has 17 heavy (non-hydrogen) atoms. The van der Waals surface area contributed by atoms with Gasteiger partial charge in [0, 0.05) is 25.2 Å². The summed E-state index contributed by atoms with van der Waals surface area (Å²) in [5, 5.41) is 8.70. The highest BCUT2D eigenvalue weighted by Crippen LogP contribution is 2.24. The van der Waals surface area contributed by atoms with Crippen molar-refractivity contribution in [2.45, 2.75) is 18.9 Å². The van der Waals surface area contributed by atoms with Crippen LogP contribution in [0.1, 0.15) is 12.8 Å². The lowest BCUT2D eigenvalue weighted by atomic mass is 10.0. The number of aromatic nitrogens is 1. The van der Waals surface area contributed by atoms with E-state index < -0.39 is 0 Å². The van der Waals surface area contributed by atoms with Crippen molar-refractivity contribution >= 4 is 0 Å². The molecule has 2 atom stereocenters. The number of likely N-dealkylation sites (N-methyl/N-ethyl adjacent to an activating group) is 1. The fourth-order valence-electron chi connectivity index (χ4n) is 2.29. The van der Waals surface area contributed by atoms with Crippen LogP contribution in [0.25, 0.3) is 0 Å². The third kappa shape index (κ3) is 3.18. The zero-order chi connectivity index (χ0) is 12.1. The van der Waals surface area contributed by atoms with Gasteiger partial charge in [0.15, 0.2) is 0 Å². The Balaban J connectivity index is 1.82. The second kappa shape index (κ2) is 5.65. The molecule has 2 rings (SSSR count). The minimum absolute atomic E-state index is 0.411. The van der Waals surface area contributed by atoms with E-state index >= 15 is 0 Å². The molecule has 1 aromatic rings. The summed E-state index contributed by atoms with van der Waals surface area (Å²) in [7, 11) is 2.09. The highest BCUT2D eigenvalue weighted by Gasteiger charge is 2.29. The molecular weight excluding hydrogens is 214 g/mol. The first kappa shape index (κ1) is 11.9. The molecule has 1 aliphatic rings. The highest BCUT2D eigenvalue weighted by atomic mass is 16.5. The van der Waals surface area contributed by atoms with Crippen molar-refractivity contribution in [1.82, 2.24) is 9.88 Å². The van der Waals surface area contributed by atoms with Gasteiger partial charge in [0.2, 0.25) is 0 Å². The molecule has 1 fully saturated rings. The fourth-order valence-corrected chi connectivity index (χ4v) is 2.29. The van der Waals surface area contributed by atoms with E-state index in [1.807, 2.05) is 12.1 Å². The number of hydrogen-bond donors (Lipinski definition) is 0. The largest absolute Gasteiger partial charge is 0.490 e. The number of ether oxygens (including phenoxy) is 1. The quantitative estimate of drug-likeness (QED) is 0.791. The van der Waals surface area contributed by atoms with Gasteiger partial charge in [-0.15, -0.1) is 0 Å². The lowest BCUT2D eigenvalue weighted by Gasteiger charge is -2.19. The standard InChI is InChI=1S/C13H17N3O/c1-16-9-11(4-5-14)7-12(16)10-17-13-3-2-6-15-8-13/h2-3,6,8,11-12H,4,7,9-10H2,1H3. The number of hydrogen-bond acceptors (Lipinski definition) is 4. The second-order valence-electron chi connectivity index (χ2n) is 4.56. The summed E-state index contributed by atoms with van der Waals surface area (Å²) in [5.41, 5.74) is 0. The molecule has 90 valence electrons. The summed E-state index contributed by atoms with van der Waals surface area (Å²) in [5.74, 6) is 1.30. The molecule has 1 saturated heterocycles. The van der Waals surface area contributed by atoms with Crippen LogP contribution in [-0.2, 0) is 0 Å². The molecule has 1 aliphatic heterocycles. The van der Waals surface area contributed by atoms with Crippen LogP contribution in [0.2, 0.25) is 0 Å². The van der Waals surface area contributed by atoms with Crippen molar-refractivity contribution < 1.29 is 4.74 Å². The molecular formula is C13H17N3O. The minimum atomic E-state index is 0.411. The van der Waals surface area contributed by atoms with Crippen LogP contribution in [0.3, 0.4) is 0 Å². The van der Waals surface area contributed by atoms with E-state index in [-0.39, 0.29) is 0 Å². The predicted octanol–water partition coefficient (Wildman–Crippen LogP) is 1.69. The number of pyridine rings is 1. The van der Waals surface area contributed by atoms with Crippen molar-refractivity contribution in [3.8, 4) is 11.8 Å². The lowest BCUT2D eigenvalue weighted by Crippen LogP contribution is -2.30. The summed E-state index contributed by atoms with van der Waals surface area (Å²) in [6, 6.07) is 6.44. The van der Waals surface area contributed by atoms with Crippen LogP contribution < -0.4 is 4.74 Å². The Bertz CT molecular complexity index is 387. The average Bonchev–Trinajstić information content (AvgIpc) is 2.69. The van der Waals surface area contributed by atoms with Crippen LogP contribution in [0.4, 0.5) is 0 Å². The minimum Gasteiger partial charge on any atom is -0.490 e. The molecule has 0 radical (unpaired) electrons. The molecule has 0 N–H and O–H groups in total. The van der Waals surface area contributed by atoms with E-state index in [0.717, 1.165) is 18.7 Å². The van der Waals surface area contributed by atoms with Gasteiger partial charge in [-0.1, -0.05) is 0 Å². The van der Waals surface area contributed by atoms with E-state index in [1.165, 1.54) is 0 Å². The maximum Gasteiger partial charge on any atom is 0.137 e. The monoisotopic (exact) mass is 231 g/mol. The molecule has 4 nitrogen and oxygen atoms in total. The van der Waals surface area contributed by atoms with Gasteiger partial charge >= 0.3 is 0 Å². The Morgan fingerprint density at radius 2 is 2.53 bits per heavy atom. The maximum atomic E-state index is 8.70. The smallest absolute Gasteiger partial charge is 0.137 e. The number of rotatable bonds is 4. The molecule has 0 bridgehead atoms. The molecule has 1 aromatic heterocycles. The Morgan fingerprint density at radius 1 is 1.65 bits per heavy atom. The van der Waals surface area contributed by atoms with Crippen molar-refractivity contribution in [3.05, 3.63) is 24.5 Å². The van der Waals surface area contributed by atoms with E-state index in [9.17, 15) is 0 Å². The van der Waals surface area contributed by atoms with Crippen molar-refractivity contribution in [1.29, 1.82) is 5.26 Å². The van der Waals surface area contributed by atoms with Gasteiger partial charge in [0.25, 0.3) is 0 Å². The molecule has 0 spiro atoms. The summed E-state index contributed by atoms with van der Waals surface area (Å²) in [4.78, 5) is 6.29. The van der Waals surface area contributed by atoms with Crippen LogP contribution in [0.5, 0.6) is 5.75 Å². The maximum absolute atomic E-state index is 8.70. The first-order valence-electron chi connectivity index (χ1n) is 5.89. The first-order valence-corrected chi connectivity index (χ1v) is 5.89. The predicted molar refractivity (Wildman–Crippen MR) is 64.5 cm³/mol. The Labute approximate surface area is 102 Å². The molecule has 2 heterocycles. The van der Waals surface area contributed by atoms with Gasteiger partial charge in [-0.25, -0.2) is 0 Å². The summed E-state index contributed by atoms with van der Waals surface area (Å²) < 4.78 is 5.70. The van der Waals surface area contributed by atoms with Crippen LogP contribution >= 0.6 is 0 Å². The zero-order valence-corrected chi connectivity index (χ0v) is 10.0. The summed E-state index contributed by atoms with van der Waals surface area (Å²) in [6.07, 6.45) is 5.15. The van der Waals surface area contributed by atoms with Gasteiger partial charge in [0.05, 0.1) is 12.3 Å². The number of nitriles is 1. The first-order chi connectivity index (χ1) is 8.29. The number of likely N-dealkylation sites (tertiary alicyclic amines) is 1. The Morgan fingerprint density at radius 3 is 3.24 bits per heavy atom. The topological polar surface area (TPSA) is 49.2 Å². The van der Waals surface area contributed by atoms with Gasteiger partial charge in [-0.05, 0) is 31.5 Å². The normalized spacial score (nSPS) is 24.5. The van der Waals surface area contributed by atoms with Crippen LogP contribution in [0, 0.1) is 17.2 Å². The van der Waals surface area contributed by atoms with Crippen molar-refractivity contribution in [2.24, 2.45) is 5.92 Å². The Hall–Kier alpha value is -1.60. The van der Waals surface area contributed by atoms with Crippen molar-refractivity contribution in [3.63, 3.8) is 0 Å². The number of nitrogens with zero attached hydrogens (tertiary/aromatic N) is 3. The van der Waals surface area contributed by atoms with E-state index in [4.69, 9.17) is 10.00 Å². The average molecular weight is 231 g/mol. The van der Waals surface area contributed by atoms with E-state index in [2.05, 4.69) is 23.0 Å². The van der Waals surface area contributed by atoms with Gasteiger partial charge in [0.1, 0.15) is 12.4 Å². The van der Waals surface area contributed by atoms with Gasteiger partial charge in [-0.2, -0.15) is 5.26 Å². The second-order valence-corrected chi connectivity index (χ2v) is 4.56. The third-order valence-corrected chi connectivity index (χ3v) is 3.23. The zero-order valence-electron chi connectivity index (χ0n) is 10.0. The van der Waals surface area contributed by atoms with E-state index in [0.29, 0.717) is 25.0 Å². The fraction of sp³-hybridized carbons (Fsp3) is 0.538. The lowest BCUT2D eigenvalue weighted by molar-refractivity contribution is 0.198. The van der Waals surface area contributed by atoms with Crippen LogP contribution in [-0.4, -0.2) is 36.1 Å². The third-order valence-electron chi connectivity index (χ3n) is 3.23. The molecule has 0 amide bonds. The molecule has 2 unspecified atom stereocenters. The van der Waals surface area contributed by atoms with Gasteiger partial charge in [-0.3, -0.25) is 9.88 Å². The SMILES string of the molecule is CN1CC(CC#N)CC1COc1cccnc1. The summed E-state index contributed by atoms with van der Waals surface area (Å²) in [6.45, 7) is 1.67. The van der Waals surface area contributed by atoms with Crippen LogP contribution in [0.15, 0.2) is 24.5 Å². The summed E-state index contributed by atoms with van der Waals surface area (Å²) >= 11 is 0. The highest BCUT2D eigenvalue weighted by molar-refractivity contribution is 5.15. The van der Waals surface area contributed by atoms with E-state index in [1.54, 1.807) is 12.4 Å². The molecule has 4 heteroatoms. The molecule has 0 aliphatic carbocycles. The van der Waals surface area contributed by atoms with Crippen molar-refractivity contribution in [2.75, 3.05) is 20.2 Å². The Kier molecular flexibility index (Phi) is 3.94.